The average molecular weight is 589 g/mol. The van der Waals surface area contributed by atoms with Crippen molar-refractivity contribution in [2.24, 2.45) is 24.8 Å². The number of fused-ring (bicyclic) bond motifs is 3. The molecular weight excluding hydrogens is 541 g/mol. The maximum Gasteiger partial charge on any atom is 0.216 e. The van der Waals surface area contributed by atoms with Crippen LogP contribution in [0.1, 0.15) is 94.2 Å². The van der Waals surface area contributed by atoms with Crippen molar-refractivity contribution in [3.8, 4) is 22.4 Å². The van der Waals surface area contributed by atoms with Crippen LogP contribution in [0.4, 0.5) is 4.39 Å². The van der Waals surface area contributed by atoms with Gasteiger partial charge in [0.05, 0.1) is 11.1 Å². The Kier molecular flexibility index (Phi) is 8.08. The van der Waals surface area contributed by atoms with E-state index in [2.05, 4.69) is 87.1 Å². The van der Waals surface area contributed by atoms with E-state index < -0.39 is 0 Å². The number of halogens is 1. The summed E-state index contributed by atoms with van der Waals surface area (Å²) in [4.78, 5) is 0. The van der Waals surface area contributed by atoms with E-state index in [9.17, 15) is 0 Å². The third-order valence-electron chi connectivity index (χ3n) is 10.8. The summed E-state index contributed by atoms with van der Waals surface area (Å²) in [7, 11) is 2.09. The van der Waals surface area contributed by atoms with E-state index in [0.29, 0.717) is 23.0 Å². The van der Waals surface area contributed by atoms with Crippen LogP contribution in [0.3, 0.4) is 0 Å². The largest absolute Gasteiger partial charge is 0.454 e. The fourth-order valence-electron chi connectivity index (χ4n) is 8.48. The second-order valence-electron chi connectivity index (χ2n) is 14.3. The second-order valence-corrected chi connectivity index (χ2v) is 14.3. The minimum absolute atomic E-state index is 0.236. The number of aromatic nitrogens is 1. The highest BCUT2D eigenvalue weighted by Crippen LogP contribution is 2.45. The van der Waals surface area contributed by atoms with Crippen LogP contribution in [0.15, 0.2) is 71.3 Å². The molecule has 2 aliphatic rings. The number of hydrogen-bond donors (Lipinski definition) is 0. The minimum Gasteiger partial charge on any atom is -0.454 e. The molecule has 0 spiro atoms. The molecule has 0 unspecified atom stereocenters. The van der Waals surface area contributed by atoms with Crippen LogP contribution in [0, 0.1) is 30.5 Å². The molecule has 2 fully saturated rings. The van der Waals surface area contributed by atoms with E-state index in [4.69, 9.17) is 4.42 Å². The van der Waals surface area contributed by atoms with Crippen LogP contribution in [0.5, 0.6) is 0 Å². The van der Waals surface area contributed by atoms with Crippen molar-refractivity contribution in [1.29, 1.82) is 0 Å². The fraction of sp³-hybridized carbons (Fsp3) is 0.439. The maximum atomic E-state index is 15.7. The van der Waals surface area contributed by atoms with Gasteiger partial charge in [0, 0.05) is 22.9 Å². The molecule has 0 bridgehead atoms. The van der Waals surface area contributed by atoms with Gasteiger partial charge in [0.2, 0.25) is 5.69 Å². The van der Waals surface area contributed by atoms with Gasteiger partial charge in [-0.05, 0) is 97.1 Å². The topological polar surface area (TPSA) is 17.0 Å². The predicted molar refractivity (Wildman–Crippen MR) is 180 cm³/mol. The van der Waals surface area contributed by atoms with E-state index in [-0.39, 0.29) is 5.82 Å². The highest BCUT2D eigenvalue weighted by Gasteiger charge is 2.29. The molecule has 44 heavy (non-hydrogen) atoms. The molecule has 3 heteroatoms. The smallest absolute Gasteiger partial charge is 0.216 e. The zero-order valence-corrected chi connectivity index (χ0v) is 27.0. The van der Waals surface area contributed by atoms with Gasteiger partial charge in [0.15, 0.2) is 6.20 Å². The SMILES string of the molecule is Cc1ccc2c(oc3c(-c4ccc(C5CCC(C6CCCCC6)CC5)cc4)c(F)ccc32)c1-c1cc(CC(C)C)cc[n+]1C. The Bertz CT molecular complexity index is 1780. The number of benzene rings is 3. The van der Waals surface area contributed by atoms with Crippen molar-refractivity contribution < 1.29 is 13.4 Å². The van der Waals surface area contributed by atoms with Crippen LogP contribution in [0.25, 0.3) is 44.3 Å². The summed E-state index contributed by atoms with van der Waals surface area (Å²) < 4.78 is 24.6. The van der Waals surface area contributed by atoms with Crippen LogP contribution < -0.4 is 4.57 Å². The summed E-state index contributed by atoms with van der Waals surface area (Å²) in [6.45, 7) is 6.65. The van der Waals surface area contributed by atoms with Crippen molar-refractivity contribution in [3.63, 3.8) is 0 Å². The standard InChI is InChI=1S/C41H47FNO/c1-26(2)24-28-22-23-43(4)37(25-28)38-27(3)10-19-34-35-20-21-36(42)39(41(35)44-40(34)38)33-17-15-32(16-18-33)31-13-11-30(12-14-31)29-8-6-5-7-9-29/h10,15-23,25-26,29-31H,5-9,11-14,24H2,1-4H3/q+1. The number of rotatable bonds is 6. The molecule has 2 heterocycles. The molecule has 2 nitrogen and oxygen atoms in total. The van der Waals surface area contributed by atoms with Gasteiger partial charge in [-0.1, -0.05) is 82.3 Å². The van der Waals surface area contributed by atoms with E-state index in [1.165, 1.54) is 68.9 Å². The summed E-state index contributed by atoms with van der Waals surface area (Å²) in [5.41, 5.74) is 8.98. The number of pyridine rings is 1. The zero-order chi connectivity index (χ0) is 30.4. The van der Waals surface area contributed by atoms with Gasteiger partial charge in [-0.25, -0.2) is 8.96 Å². The normalized spacial score (nSPS) is 19.8. The van der Waals surface area contributed by atoms with Gasteiger partial charge in [0.1, 0.15) is 24.0 Å². The van der Waals surface area contributed by atoms with Crippen LogP contribution in [0.2, 0.25) is 0 Å². The molecule has 0 amide bonds. The Labute approximate surface area is 262 Å². The molecule has 2 aliphatic carbocycles. The Hall–Kier alpha value is -3.46. The molecule has 2 saturated carbocycles. The molecule has 3 aromatic carbocycles. The first-order valence-electron chi connectivity index (χ1n) is 17.1. The Morgan fingerprint density at radius 2 is 1.43 bits per heavy atom. The van der Waals surface area contributed by atoms with Gasteiger partial charge in [-0.2, -0.15) is 0 Å². The molecule has 0 aliphatic heterocycles. The molecule has 7 rings (SSSR count). The van der Waals surface area contributed by atoms with Crippen LogP contribution >= 0.6 is 0 Å². The Morgan fingerprint density at radius 1 is 0.773 bits per heavy atom. The van der Waals surface area contributed by atoms with E-state index in [1.807, 2.05) is 6.07 Å². The molecule has 0 saturated heterocycles. The number of furan rings is 1. The van der Waals surface area contributed by atoms with Crippen molar-refractivity contribution in [1.82, 2.24) is 0 Å². The minimum atomic E-state index is -0.236. The summed E-state index contributed by atoms with van der Waals surface area (Å²) in [5.74, 6) is 2.86. The first-order chi connectivity index (χ1) is 21.4. The quantitative estimate of drug-likeness (QED) is 0.180. The Morgan fingerprint density at radius 3 is 2.14 bits per heavy atom. The fourth-order valence-corrected chi connectivity index (χ4v) is 8.48. The summed E-state index contributed by atoms with van der Waals surface area (Å²) >= 11 is 0. The van der Waals surface area contributed by atoms with Crippen LogP contribution in [-0.2, 0) is 13.5 Å². The third kappa shape index (κ3) is 5.48. The lowest BCUT2D eigenvalue weighted by molar-refractivity contribution is -0.660. The van der Waals surface area contributed by atoms with Crippen molar-refractivity contribution in [2.45, 2.75) is 90.9 Å². The molecule has 5 aromatic rings. The Balaban J connectivity index is 1.23. The van der Waals surface area contributed by atoms with Gasteiger partial charge in [-0.3, -0.25) is 0 Å². The molecule has 0 N–H and O–H groups in total. The predicted octanol–water partition coefficient (Wildman–Crippen LogP) is 11.2. The summed E-state index contributed by atoms with van der Waals surface area (Å²) in [5, 5.41) is 1.99. The highest BCUT2D eigenvalue weighted by molar-refractivity contribution is 6.13. The molecular formula is C41H47FNO+. The number of aryl methyl sites for hydroxylation is 2. The van der Waals surface area contributed by atoms with E-state index in [0.717, 1.165) is 57.0 Å². The summed E-state index contributed by atoms with van der Waals surface area (Å²) in [6.07, 6.45) is 15.7. The second kappa shape index (κ2) is 12.1. The number of hydrogen-bond acceptors (Lipinski definition) is 1. The molecule has 0 radical (unpaired) electrons. The lowest BCUT2D eigenvalue weighted by Crippen LogP contribution is -2.31. The van der Waals surface area contributed by atoms with Gasteiger partial charge < -0.3 is 4.42 Å². The third-order valence-corrected chi connectivity index (χ3v) is 10.8. The lowest BCUT2D eigenvalue weighted by Gasteiger charge is -2.36. The van der Waals surface area contributed by atoms with Crippen LogP contribution in [-0.4, -0.2) is 0 Å². The first kappa shape index (κ1) is 29.3. The maximum absolute atomic E-state index is 15.7. The van der Waals surface area contributed by atoms with Crippen molar-refractivity contribution >= 4 is 21.9 Å². The molecule has 2 aromatic heterocycles. The van der Waals surface area contributed by atoms with Gasteiger partial charge >= 0.3 is 0 Å². The van der Waals surface area contributed by atoms with Crippen molar-refractivity contribution in [2.75, 3.05) is 0 Å². The van der Waals surface area contributed by atoms with Crippen molar-refractivity contribution in [3.05, 3.63) is 89.4 Å². The number of nitrogens with zero attached hydrogens (tertiary/aromatic N) is 1. The summed E-state index contributed by atoms with van der Waals surface area (Å²) in [6, 6.07) is 21.0. The average Bonchev–Trinajstić information content (AvgIpc) is 3.41. The molecule has 228 valence electrons. The van der Waals surface area contributed by atoms with Gasteiger partial charge in [0.25, 0.3) is 0 Å². The van der Waals surface area contributed by atoms with E-state index >= 15 is 4.39 Å². The monoisotopic (exact) mass is 588 g/mol. The first-order valence-corrected chi connectivity index (χ1v) is 17.1. The molecule has 0 atom stereocenters. The lowest BCUT2D eigenvalue weighted by atomic mass is 9.70. The van der Waals surface area contributed by atoms with Gasteiger partial charge in [-0.15, -0.1) is 0 Å². The zero-order valence-electron chi connectivity index (χ0n) is 27.0. The van der Waals surface area contributed by atoms with E-state index in [1.54, 1.807) is 6.07 Å². The highest BCUT2D eigenvalue weighted by atomic mass is 19.1.